The van der Waals surface area contributed by atoms with Crippen molar-refractivity contribution in [2.24, 2.45) is 0 Å². The number of nitrogens with one attached hydrogen (secondary N) is 1. The highest BCUT2D eigenvalue weighted by Gasteiger charge is 2.19. The highest BCUT2D eigenvalue weighted by atomic mass is 32.1. The molecule has 0 bridgehead atoms. The second-order valence-electron chi connectivity index (χ2n) is 6.92. The topological polar surface area (TPSA) is 90.4 Å². The predicted octanol–water partition coefficient (Wildman–Crippen LogP) is 2.13. The molecule has 0 radical (unpaired) electrons. The van der Waals surface area contributed by atoms with Gasteiger partial charge < -0.3 is 5.32 Å². The van der Waals surface area contributed by atoms with Gasteiger partial charge in [-0.05, 0) is 35.6 Å². The molecule has 30 heavy (non-hydrogen) atoms. The average Bonchev–Trinajstić information content (AvgIpc) is 3.33. The molecule has 4 rings (SSSR count). The molecule has 0 aliphatic carbocycles. The monoisotopic (exact) mass is 429 g/mol. The largest absolute Gasteiger partial charge is 0.352 e. The molecule has 3 heterocycles. The van der Waals surface area contributed by atoms with Gasteiger partial charge in [-0.25, -0.2) is 18.3 Å². The summed E-state index contributed by atoms with van der Waals surface area (Å²) < 4.78 is 17.4. The molecule has 0 fully saturated rings. The maximum atomic E-state index is 13.0. The fourth-order valence-corrected chi connectivity index (χ4v) is 4.07. The number of nitrogens with zero attached hydrogens (tertiary/aromatic N) is 4. The number of rotatable bonds is 7. The Morgan fingerprint density at radius 2 is 1.97 bits per heavy atom. The van der Waals surface area contributed by atoms with Gasteiger partial charge in [0.05, 0.1) is 5.52 Å². The molecule has 4 aromatic rings. The first kappa shape index (κ1) is 20.0. The second-order valence-corrected chi connectivity index (χ2v) is 7.84. The van der Waals surface area contributed by atoms with Gasteiger partial charge in [0.2, 0.25) is 11.7 Å². The summed E-state index contributed by atoms with van der Waals surface area (Å²) in [5.74, 6) is -0.528. The van der Waals surface area contributed by atoms with Crippen molar-refractivity contribution < 1.29 is 9.18 Å². The Hall–Kier alpha value is -3.27. The summed E-state index contributed by atoms with van der Waals surface area (Å²) in [6, 6.07) is 7.49. The first-order valence-electron chi connectivity index (χ1n) is 9.60. The molecule has 0 aliphatic rings. The summed E-state index contributed by atoms with van der Waals surface area (Å²) in [5.41, 5.74) is 0.575. The van der Waals surface area contributed by atoms with Gasteiger partial charge in [0.15, 0.2) is 0 Å². The summed E-state index contributed by atoms with van der Waals surface area (Å²) in [6.07, 6.45) is 1.66. The van der Waals surface area contributed by atoms with Gasteiger partial charge in [0, 0.05) is 13.1 Å². The van der Waals surface area contributed by atoms with E-state index in [4.69, 9.17) is 0 Å². The van der Waals surface area contributed by atoms with Crippen LogP contribution in [0.1, 0.15) is 25.3 Å². The van der Waals surface area contributed by atoms with Crippen LogP contribution >= 0.6 is 11.3 Å². The van der Waals surface area contributed by atoms with Crippen LogP contribution in [0.15, 0.2) is 45.3 Å². The van der Waals surface area contributed by atoms with Crippen molar-refractivity contribution in [3.05, 3.63) is 67.9 Å². The maximum Gasteiger partial charge on any atom is 0.352 e. The number of unbranched alkanes of at least 4 members (excludes halogenated alkanes) is 1. The van der Waals surface area contributed by atoms with Gasteiger partial charge in [-0.3, -0.25) is 14.2 Å². The van der Waals surface area contributed by atoms with Crippen LogP contribution in [0.25, 0.3) is 16.0 Å². The number of benzene rings is 1. The average molecular weight is 429 g/mol. The Bertz CT molecular complexity index is 1330. The molecule has 0 spiro atoms. The van der Waals surface area contributed by atoms with E-state index in [2.05, 4.69) is 10.4 Å². The number of aryl methyl sites for hydroxylation is 1. The van der Waals surface area contributed by atoms with Crippen molar-refractivity contribution in [3.63, 3.8) is 0 Å². The van der Waals surface area contributed by atoms with Crippen LogP contribution < -0.4 is 16.6 Å². The fraction of sp³-hybridized carbons (Fsp3) is 0.300. The van der Waals surface area contributed by atoms with Crippen LogP contribution in [-0.2, 0) is 24.4 Å². The quantitative estimate of drug-likeness (QED) is 0.487. The third-order valence-electron chi connectivity index (χ3n) is 4.82. The van der Waals surface area contributed by atoms with E-state index in [1.54, 1.807) is 23.6 Å². The zero-order valence-corrected chi connectivity index (χ0v) is 17.1. The molecule has 0 unspecified atom stereocenters. The number of carbonyl (C=O) groups is 1. The molecule has 1 N–H and O–H groups in total. The molecule has 1 amide bonds. The molecule has 8 nitrogen and oxygen atoms in total. The lowest BCUT2D eigenvalue weighted by atomic mass is 10.2. The molecule has 0 aliphatic heterocycles. The number of hydrogen-bond acceptors (Lipinski definition) is 5. The summed E-state index contributed by atoms with van der Waals surface area (Å²) in [6.45, 7) is 2.38. The Kier molecular flexibility index (Phi) is 5.49. The predicted molar refractivity (Wildman–Crippen MR) is 112 cm³/mol. The summed E-state index contributed by atoms with van der Waals surface area (Å²) in [4.78, 5) is 38.2. The van der Waals surface area contributed by atoms with E-state index in [9.17, 15) is 18.8 Å². The van der Waals surface area contributed by atoms with Gasteiger partial charge in [0.25, 0.3) is 5.56 Å². The van der Waals surface area contributed by atoms with Crippen LogP contribution in [0.2, 0.25) is 0 Å². The summed E-state index contributed by atoms with van der Waals surface area (Å²) in [7, 11) is 0. The van der Waals surface area contributed by atoms with E-state index in [0.717, 1.165) is 23.1 Å². The van der Waals surface area contributed by atoms with Crippen molar-refractivity contribution in [3.8, 4) is 0 Å². The molecule has 1 aromatic carbocycles. The Morgan fingerprint density at radius 1 is 1.20 bits per heavy atom. The van der Waals surface area contributed by atoms with Crippen molar-refractivity contribution >= 4 is 33.2 Å². The zero-order valence-electron chi connectivity index (χ0n) is 16.3. The minimum Gasteiger partial charge on any atom is -0.350 e. The van der Waals surface area contributed by atoms with E-state index in [1.165, 1.54) is 32.4 Å². The minimum absolute atomic E-state index is 0.182. The number of carbonyl (C=O) groups excluding carboxylic acids is 1. The lowest BCUT2D eigenvalue weighted by Crippen LogP contribution is -2.32. The molecular weight excluding hydrogens is 409 g/mol. The van der Waals surface area contributed by atoms with Crippen LogP contribution in [0.5, 0.6) is 0 Å². The standard InChI is InChI=1S/C20H20FN5O3S/c1-2-3-9-24-18(28)17-15(8-10-30-17)26-19(24)23-25(20(26)29)12-16(27)22-11-13-4-6-14(21)7-5-13/h4-8,10H,2-3,9,11-12H2,1H3,(H,22,27). The Balaban J connectivity index is 1.65. The van der Waals surface area contributed by atoms with Crippen molar-refractivity contribution in [2.45, 2.75) is 39.4 Å². The fourth-order valence-electron chi connectivity index (χ4n) is 3.25. The second kappa shape index (κ2) is 8.23. The first-order valence-corrected chi connectivity index (χ1v) is 10.5. The first-order chi connectivity index (χ1) is 14.5. The van der Waals surface area contributed by atoms with E-state index >= 15 is 0 Å². The minimum atomic E-state index is -0.476. The van der Waals surface area contributed by atoms with Gasteiger partial charge in [-0.1, -0.05) is 25.5 Å². The molecular formula is C20H20FN5O3S. The van der Waals surface area contributed by atoms with Gasteiger partial charge in [-0.15, -0.1) is 16.4 Å². The highest BCUT2D eigenvalue weighted by molar-refractivity contribution is 7.17. The number of thiophene rings is 1. The lowest BCUT2D eigenvalue weighted by molar-refractivity contribution is -0.122. The number of halogens is 1. The maximum absolute atomic E-state index is 13.0. The number of hydrogen-bond donors (Lipinski definition) is 1. The van der Waals surface area contributed by atoms with E-state index < -0.39 is 11.6 Å². The van der Waals surface area contributed by atoms with E-state index in [1.807, 2.05) is 6.92 Å². The van der Waals surface area contributed by atoms with Crippen molar-refractivity contribution in [1.82, 2.24) is 24.1 Å². The molecule has 156 valence electrons. The zero-order chi connectivity index (χ0) is 21.3. The van der Waals surface area contributed by atoms with Crippen LogP contribution in [0.3, 0.4) is 0 Å². The molecule has 0 saturated heterocycles. The third-order valence-corrected chi connectivity index (χ3v) is 5.71. The molecule has 3 aromatic heterocycles. The van der Waals surface area contributed by atoms with Gasteiger partial charge in [-0.2, -0.15) is 0 Å². The SMILES string of the molecule is CCCCn1c(=O)c2sccc2n2c(=O)n(CC(=O)NCc3ccc(F)cc3)nc12. The molecule has 0 atom stereocenters. The lowest BCUT2D eigenvalue weighted by Gasteiger charge is -2.06. The van der Waals surface area contributed by atoms with Gasteiger partial charge in [0.1, 0.15) is 17.1 Å². The van der Waals surface area contributed by atoms with E-state index in [-0.39, 0.29) is 30.2 Å². The summed E-state index contributed by atoms with van der Waals surface area (Å²) >= 11 is 1.28. The number of aromatic nitrogens is 4. The smallest absolute Gasteiger partial charge is 0.350 e. The van der Waals surface area contributed by atoms with Gasteiger partial charge >= 0.3 is 5.69 Å². The van der Waals surface area contributed by atoms with E-state index in [0.29, 0.717) is 16.8 Å². The normalized spacial score (nSPS) is 11.4. The van der Waals surface area contributed by atoms with Crippen LogP contribution in [0.4, 0.5) is 4.39 Å². The summed E-state index contributed by atoms with van der Waals surface area (Å²) in [5, 5.41) is 8.74. The Labute approximate surface area is 174 Å². The third kappa shape index (κ3) is 3.65. The molecule has 10 heteroatoms. The van der Waals surface area contributed by atoms with Crippen LogP contribution in [0, 0.1) is 5.82 Å². The molecule has 0 saturated carbocycles. The van der Waals surface area contributed by atoms with Crippen molar-refractivity contribution in [2.75, 3.05) is 0 Å². The highest BCUT2D eigenvalue weighted by Crippen LogP contribution is 2.17. The Morgan fingerprint density at radius 3 is 2.70 bits per heavy atom. The van der Waals surface area contributed by atoms with Crippen LogP contribution in [-0.4, -0.2) is 24.7 Å². The van der Waals surface area contributed by atoms with Crippen molar-refractivity contribution in [1.29, 1.82) is 0 Å². The number of amides is 1. The number of fused-ring (bicyclic) bond motifs is 3.